The zero-order valence-corrected chi connectivity index (χ0v) is 12.9. The molecule has 21 heavy (non-hydrogen) atoms. The molecule has 0 saturated carbocycles. The second kappa shape index (κ2) is 6.48. The molecule has 0 spiro atoms. The van der Waals surface area contributed by atoms with E-state index in [-0.39, 0.29) is 18.0 Å². The number of hydrogen-bond acceptors (Lipinski definition) is 2. The van der Waals surface area contributed by atoms with Gasteiger partial charge in [0, 0.05) is 5.02 Å². The van der Waals surface area contributed by atoms with Crippen molar-refractivity contribution in [2.75, 3.05) is 6.54 Å². The Bertz CT molecular complexity index is 642. The van der Waals surface area contributed by atoms with Gasteiger partial charge in [-0.1, -0.05) is 53.5 Å². The number of benzene rings is 2. The van der Waals surface area contributed by atoms with Gasteiger partial charge in [0.2, 0.25) is 0 Å². The molecule has 2 N–H and O–H groups in total. The van der Waals surface area contributed by atoms with Gasteiger partial charge in [-0.15, -0.1) is 0 Å². The van der Waals surface area contributed by atoms with E-state index in [9.17, 15) is 9.90 Å². The van der Waals surface area contributed by atoms with Crippen LogP contribution < -0.4 is 5.32 Å². The molecule has 2 aromatic rings. The molecule has 0 aliphatic carbocycles. The molecular formula is C16H15Cl2NO2. The van der Waals surface area contributed by atoms with Crippen molar-refractivity contribution in [1.82, 2.24) is 5.32 Å². The number of rotatable bonds is 4. The fourth-order valence-electron chi connectivity index (χ4n) is 1.92. The van der Waals surface area contributed by atoms with E-state index < -0.39 is 5.60 Å². The highest BCUT2D eigenvalue weighted by atomic mass is 35.5. The predicted octanol–water partition coefficient (Wildman–Crippen LogP) is 3.63. The molecule has 2 aromatic carbocycles. The van der Waals surface area contributed by atoms with Crippen LogP contribution in [0.3, 0.4) is 0 Å². The van der Waals surface area contributed by atoms with Crippen molar-refractivity contribution >= 4 is 29.1 Å². The minimum absolute atomic E-state index is 0.0681. The van der Waals surface area contributed by atoms with Crippen LogP contribution >= 0.6 is 23.2 Å². The molecule has 0 saturated heterocycles. The quantitative estimate of drug-likeness (QED) is 0.902. The van der Waals surface area contributed by atoms with Gasteiger partial charge in [0.05, 0.1) is 17.1 Å². The Hall–Kier alpha value is -1.55. The summed E-state index contributed by atoms with van der Waals surface area (Å²) < 4.78 is 0. The van der Waals surface area contributed by atoms with E-state index in [0.717, 1.165) is 5.56 Å². The number of hydrogen-bond donors (Lipinski definition) is 2. The summed E-state index contributed by atoms with van der Waals surface area (Å²) in [7, 11) is 0. The number of nitrogens with one attached hydrogen (secondary N) is 1. The van der Waals surface area contributed by atoms with E-state index in [4.69, 9.17) is 23.2 Å². The lowest BCUT2D eigenvalue weighted by Gasteiger charge is -2.24. The summed E-state index contributed by atoms with van der Waals surface area (Å²) >= 11 is 11.8. The van der Waals surface area contributed by atoms with Crippen LogP contribution in [0.2, 0.25) is 10.0 Å². The predicted molar refractivity (Wildman–Crippen MR) is 84.8 cm³/mol. The number of halogens is 2. The van der Waals surface area contributed by atoms with Gasteiger partial charge >= 0.3 is 0 Å². The third kappa shape index (κ3) is 3.97. The molecule has 1 amide bonds. The SMILES string of the molecule is CC(O)(CNC(=O)c1cc(Cl)ccc1Cl)c1ccccc1. The van der Waals surface area contributed by atoms with Crippen LogP contribution in [0.1, 0.15) is 22.8 Å². The van der Waals surface area contributed by atoms with Gasteiger partial charge in [-0.3, -0.25) is 4.79 Å². The van der Waals surface area contributed by atoms with Gasteiger partial charge in [-0.25, -0.2) is 0 Å². The molecule has 0 bridgehead atoms. The monoisotopic (exact) mass is 323 g/mol. The van der Waals surface area contributed by atoms with E-state index in [1.807, 2.05) is 18.2 Å². The summed E-state index contributed by atoms with van der Waals surface area (Å²) in [5.74, 6) is -0.376. The van der Waals surface area contributed by atoms with Crippen molar-refractivity contribution in [3.05, 3.63) is 69.7 Å². The maximum absolute atomic E-state index is 12.1. The molecule has 0 aliphatic rings. The van der Waals surface area contributed by atoms with Crippen LogP contribution in [0.25, 0.3) is 0 Å². The van der Waals surface area contributed by atoms with Gasteiger partial charge in [-0.05, 0) is 30.7 Å². The normalized spacial score (nSPS) is 13.5. The Balaban J connectivity index is 2.09. The summed E-state index contributed by atoms with van der Waals surface area (Å²) in [6, 6.07) is 13.8. The maximum atomic E-state index is 12.1. The highest BCUT2D eigenvalue weighted by molar-refractivity contribution is 6.35. The smallest absolute Gasteiger partial charge is 0.252 e. The third-order valence-corrected chi connectivity index (χ3v) is 3.73. The zero-order valence-electron chi connectivity index (χ0n) is 11.4. The molecule has 110 valence electrons. The number of carbonyl (C=O) groups is 1. The van der Waals surface area contributed by atoms with Gasteiger partial charge in [0.1, 0.15) is 5.60 Å². The van der Waals surface area contributed by atoms with E-state index >= 15 is 0 Å². The fraction of sp³-hybridized carbons (Fsp3) is 0.188. The average Bonchev–Trinajstić information content (AvgIpc) is 2.48. The highest BCUT2D eigenvalue weighted by Gasteiger charge is 2.24. The highest BCUT2D eigenvalue weighted by Crippen LogP contribution is 2.22. The maximum Gasteiger partial charge on any atom is 0.252 e. The van der Waals surface area contributed by atoms with Crippen molar-refractivity contribution in [3.63, 3.8) is 0 Å². The lowest BCUT2D eigenvalue weighted by Crippen LogP contribution is -2.38. The Morgan fingerprint density at radius 2 is 1.86 bits per heavy atom. The Morgan fingerprint density at radius 3 is 2.52 bits per heavy atom. The van der Waals surface area contributed by atoms with E-state index in [1.54, 1.807) is 31.2 Å². The van der Waals surface area contributed by atoms with E-state index in [1.165, 1.54) is 6.07 Å². The minimum Gasteiger partial charge on any atom is -0.384 e. The van der Waals surface area contributed by atoms with Crippen molar-refractivity contribution in [2.45, 2.75) is 12.5 Å². The number of amides is 1. The lowest BCUT2D eigenvalue weighted by molar-refractivity contribution is 0.0526. The molecule has 1 atom stereocenters. The third-order valence-electron chi connectivity index (χ3n) is 3.16. The van der Waals surface area contributed by atoms with Crippen molar-refractivity contribution in [1.29, 1.82) is 0 Å². The molecule has 0 aromatic heterocycles. The van der Waals surface area contributed by atoms with Crippen molar-refractivity contribution < 1.29 is 9.90 Å². The Kier molecular flexibility index (Phi) is 4.88. The topological polar surface area (TPSA) is 49.3 Å². The Labute approximate surface area is 133 Å². The second-order valence-electron chi connectivity index (χ2n) is 4.95. The molecular weight excluding hydrogens is 309 g/mol. The van der Waals surface area contributed by atoms with Gasteiger partial charge in [-0.2, -0.15) is 0 Å². The van der Waals surface area contributed by atoms with Crippen molar-refractivity contribution in [2.24, 2.45) is 0 Å². The molecule has 0 fully saturated rings. The van der Waals surface area contributed by atoms with Gasteiger partial charge in [0.25, 0.3) is 5.91 Å². The standard InChI is InChI=1S/C16H15Cl2NO2/c1-16(21,11-5-3-2-4-6-11)10-19-15(20)13-9-12(17)7-8-14(13)18/h2-9,21H,10H2,1H3,(H,19,20). The minimum atomic E-state index is -1.16. The molecule has 1 unspecified atom stereocenters. The lowest BCUT2D eigenvalue weighted by atomic mass is 9.96. The zero-order chi connectivity index (χ0) is 15.5. The van der Waals surface area contributed by atoms with Crippen LogP contribution in [0, 0.1) is 0 Å². The first kappa shape index (κ1) is 15.8. The summed E-state index contributed by atoms with van der Waals surface area (Å²) in [4.78, 5) is 12.1. The van der Waals surface area contributed by atoms with Crippen LogP contribution in [0.5, 0.6) is 0 Å². The fourth-order valence-corrected chi connectivity index (χ4v) is 2.29. The molecule has 0 heterocycles. The molecule has 0 radical (unpaired) electrons. The summed E-state index contributed by atoms with van der Waals surface area (Å²) in [5.41, 5.74) is -0.155. The van der Waals surface area contributed by atoms with Gasteiger partial charge < -0.3 is 10.4 Å². The van der Waals surface area contributed by atoms with Crippen LogP contribution in [-0.4, -0.2) is 17.6 Å². The second-order valence-corrected chi connectivity index (χ2v) is 5.79. The van der Waals surface area contributed by atoms with Crippen LogP contribution in [0.15, 0.2) is 48.5 Å². The molecule has 2 rings (SSSR count). The van der Waals surface area contributed by atoms with Crippen LogP contribution in [0.4, 0.5) is 0 Å². The largest absolute Gasteiger partial charge is 0.384 e. The van der Waals surface area contributed by atoms with Crippen LogP contribution in [-0.2, 0) is 5.60 Å². The van der Waals surface area contributed by atoms with E-state index in [2.05, 4.69) is 5.32 Å². The summed E-state index contributed by atoms with van der Waals surface area (Å²) in [5, 5.41) is 13.9. The Morgan fingerprint density at radius 1 is 1.19 bits per heavy atom. The average molecular weight is 324 g/mol. The first-order valence-electron chi connectivity index (χ1n) is 6.41. The molecule has 0 aliphatic heterocycles. The first-order chi connectivity index (χ1) is 9.90. The number of aliphatic hydroxyl groups is 1. The van der Waals surface area contributed by atoms with Gasteiger partial charge in [0.15, 0.2) is 0 Å². The number of carbonyl (C=O) groups excluding carboxylic acids is 1. The molecule has 3 nitrogen and oxygen atoms in total. The first-order valence-corrected chi connectivity index (χ1v) is 7.17. The van der Waals surface area contributed by atoms with Crippen molar-refractivity contribution in [3.8, 4) is 0 Å². The molecule has 5 heteroatoms. The summed E-state index contributed by atoms with van der Waals surface area (Å²) in [6.07, 6.45) is 0. The van der Waals surface area contributed by atoms with E-state index in [0.29, 0.717) is 10.0 Å². The summed E-state index contributed by atoms with van der Waals surface area (Å²) in [6.45, 7) is 1.71.